The van der Waals surface area contributed by atoms with Gasteiger partial charge in [0, 0.05) is 32.1 Å². The second kappa shape index (κ2) is 6.53. The Morgan fingerprint density at radius 3 is 2.56 bits per heavy atom. The van der Waals surface area contributed by atoms with E-state index in [1.807, 2.05) is 6.92 Å². The van der Waals surface area contributed by atoms with Gasteiger partial charge in [-0.25, -0.2) is 0 Å². The van der Waals surface area contributed by atoms with Crippen molar-refractivity contribution in [3.8, 4) is 0 Å². The van der Waals surface area contributed by atoms with Crippen molar-refractivity contribution in [2.75, 3.05) is 20.3 Å². The molecule has 1 unspecified atom stereocenters. The van der Waals surface area contributed by atoms with Gasteiger partial charge in [-0.2, -0.15) is 0 Å². The lowest BCUT2D eigenvalue weighted by Crippen LogP contribution is -2.47. The molecule has 0 aromatic heterocycles. The molecule has 0 spiro atoms. The first kappa shape index (κ1) is 15.4. The Bertz CT molecular complexity index is 270. The molecule has 1 fully saturated rings. The molecule has 0 aromatic rings. The van der Waals surface area contributed by atoms with Crippen molar-refractivity contribution in [1.29, 1.82) is 0 Å². The summed E-state index contributed by atoms with van der Waals surface area (Å²) < 4.78 is 4.95. The standard InChI is InChI=1S/C14H27NO3/c1-13(7-5-4-6-8-13)12(16)15-11-14(2,17)9-10-18-3/h17H,4-11H2,1-3H3,(H,15,16). The fourth-order valence-corrected chi connectivity index (χ4v) is 2.45. The molecule has 1 saturated carbocycles. The second-order valence-electron chi connectivity index (χ2n) is 6.04. The number of rotatable bonds is 6. The van der Waals surface area contributed by atoms with Crippen molar-refractivity contribution in [3.63, 3.8) is 0 Å². The van der Waals surface area contributed by atoms with E-state index in [9.17, 15) is 9.90 Å². The highest BCUT2D eigenvalue weighted by Gasteiger charge is 2.35. The first-order valence-electron chi connectivity index (χ1n) is 6.89. The van der Waals surface area contributed by atoms with Gasteiger partial charge < -0.3 is 15.2 Å². The van der Waals surface area contributed by atoms with Crippen LogP contribution in [0.5, 0.6) is 0 Å². The van der Waals surface area contributed by atoms with Gasteiger partial charge in [-0.15, -0.1) is 0 Å². The predicted molar refractivity (Wildman–Crippen MR) is 71.3 cm³/mol. The maximum Gasteiger partial charge on any atom is 0.226 e. The van der Waals surface area contributed by atoms with E-state index >= 15 is 0 Å². The van der Waals surface area contributed by atoms with E-state index in [1.165, 1.54) is 6.42 Å². The zero-order chi connectivity index (χ0) is 13.6. The Hall–Kier alpha value is -0.610. The molecule has 0 aromatic carbocycles. The Balaban J connectivity index is 2.40. The Kier molecular flexibility index (Phi) is 5.60. The summed E-state index contributed by atoms with van der Waals surface area (Å²) in [4.78, 5) is 12.2. The number of nitrogens with one attached hydrogen (secondary N) is 1. The molecule has 1 atom stereocenters. The van der Waals surface area contributed by atoms with Crippen molar-refractivity contribution < 1.29 is 14.6 Å². The van der Waals surface area contributed by atoms with Crippen LogP contribution in [-0.2, 0) is 9.53 Å². The minimum absolute atomic E-state index is 0.0832. The lowest BCUT2D eigenvalue weighted by Gasteiger charge is -2.33. The first-order chi connectivity index (χ1) is 8.40. The van der Waals surface area contributed by atoms with Gasteiger partial charge in [-0.05, 0) is 19.8 Å². The summed E-state index contributed by atoms with van der Waals surface area (Å²) in [7, 11) is 1.61. The number of carbonyl (C=O) groups is 1. The molecule has 0 bridgehead atoms. The largest absolute Gasteiger partial charge is 0.388 e. The average molecular weight is 257 g/mol. The molecule has 0 heterocycles. The number of ether oxygens (including phenoxy) is 1. The molecule has 1 aliphatic rings. The maximum atomic E-state index is 12.2. The van der Waals surface area contributed by atoms with Crippen molar-refractivity contribution >= 4 is 5.91 Å². The van der Waals surface area contributed by atoms with Crippen LogP contribution >= 0.6 is 0 Å². The zero-order valence-electron chi connectivity index (χ0n) is 11.9. The van der Waals surface area contributed by atoms with Gasteiger partial charge in [0.2, 0.25) is 5.91 Å². The lowest BCUT2D eigenvalue weighted by atomic mass is 9.75. The van der Waals surface area contributed by atoms with Gasteiger partial charge >= 0.3 is 0 Å². The van der Waals surface area contributed by atoms with Gasteiger partial charge in [0.05, 0.1) is 5.60 Å². The summed E-state index contributed by atoms with van der Waals surface area (Å²) in [6, 6.07) is 0. The van der Waals surface area contributed by atoms with E-state index in [2.05, 4.69) is 5.32 Å². The molecule has 4 nitrogen and oxygen atoms in total. The topological polar surface area (TPSA) is 58.6 Å². The van der Waals surface area contributed by atoms with Gasteiger partial charge in [-0.3, -0.25) is 4.79 Å². The van der Waals surface area contributed by atoms with E-state index in [-0.39, 0.29) is 11.3 Å². The highest BCUT2D eigenvalue weighted by atomic mass is 16.5. The highest BCUT2D eigenvalue weighted by Crippen LogP contribution is 2.35. The molecule has 0 aliphatic heterocycles. The molecule has 4 heteroatoms. The lowest BCUT2D eigenvalue weighted by molar-refractivity contribution is -0.133. The Morgan fingerprint density at radius 2 is 2.00 bits per heavy atom. The number of amides is 1. The van der Waals surface area contributed by atoms with E-state index in [1.54, 1.807) is 14.0 Å². The van der Waals surface area contributed by atoms with Crippen LogP contribution in [0, 0.1) is 5.41 Å². The third-order valence-corrected chi connectivity index (χ3v) is 3.98. The maximum absolute atomic E-state index is 12.2. The SMILES string of the molecule is COCCC(C)(O)CNC(=O)C1(C)CCCCC1. The minimum Gasteiger partial charge on any atom is -0.388 e. The molecule has 18 heavy (non-hydrogen) atoms. The fraction of sp³-hybridized carbons (Fsp3) is 0.929. The second-order valence-corrected chi connectivity index (χ2v) is 6.04. The molecular formula is C14H27NO3. The van der Waals surface area contributed by atoms with Crippen LogP contribution in [0.2, 0.25) is 0 Å². The van der Waals surface area contributed by atoms with Crippen LogP contribution in [0.3, 0.4) is 0 Å². The first-order valence-corrected chi connectivity index (χ1v) is 6.89. The molecule has 1 rings (SSSR count). The Morgan fingerprint density at radius 1 is 1.39 bits per heavy atom. The van der Waals surface area contributed by atoms with E-state index in [4.69, 9.17) is 4.74 Å². The molecule has 2 N–H and O–H groups in total. The molecule has 0 radical (unpaired) electrons. The smallest absolute Gasteiger partial charge is 0.226 e. The number of aliphatic hydroxyl groups is 1. The van der Waals surface area contributed by atoms with E-state index in [0.29, 0.717) is 19.6 Å². The summed E-state index contributed by atoms with van der Waals surface area (Å²) in [5, 5.41) is 13.0. The predicted octanol–water partition coefficient (Wildman–Crippen LogP) is 1.86. The van der Waals surface area contributed by atoms with Crippen LogP contribution in [0.4, 0.5) is 0 Å². The number of hydrogen-bond donors (Lipinski definition) is 2. The number of methoxy groups -OCH3 is 1. The molecular weight excluding hydrogens is 230 g/mol. The van der Waals surface area contributed by atoms with Crippen LogP contribution in [0.25, 0.3) is 0 Å². The van der Waals surface area contributed by atoms with Gasteiger partial charge in [0.15, 0.2) is 0 Å². The van der Waals surface area contributed by atoms with Gasteiger partial charge in [0.1, 0.15) is 0 Å². The molecule has 1 amide bonds. The molecule has 0 saturated heterocycles. The van der Waals surface area contributed by atoms with Gasteiger partial charge in [0.25, 0.3) is 0 Å². The third-order valence-electron chi connectivity index (χ3n) is 3.98. The van der Waals surface area contributed by atoms with Crippen LogP contribution in [0.1, 0.15) is 52.4 Å². The Labute approximate surface area is 110 Å². The van der Waals surface area contributed by atoms with Gasteiger partial charge in [-0.1, -0.05) is 26.2 Å². The highest BCUT2D eigenvalue weighted by molar-refractivity contribution is 5.82. The van der Waals surface area contributed by atoms with Crippen LogP contribution < -0.4 is 5.32 Å². The van der Waals surface area contributed by atoms with E-state index in [0.717, 1.165) is 25.7 Å². The third kappa shape index (κ3) is 4.58. The molecule has 1 aliphatic carbocycles. The van der Waals surface area contributed by atoms with E-state index < -0.39 is 5.60 Å². The molecule has 106 valence electrons. The zero-order valence-corrected chi connectivity index (χ0v) is 11.9. The summed E-state index contributed by atoms with van der Waals surface area (Å²) in [5.74, 6) is 0.0832. The normalized spacial score (nSPS) is 22.2. The average Bonchev–Trinajstić information content (AvgIpc) is 2.34. The summed E-state index contributed by atoms with van der Waals surface area (Å²) in [6.07, 6.45) is 5.93. The quantitative estimate of drug-likeness (QED) is 0.763. The van der Waals surface area contributed by atoms with Crippen molar-refractivity contribution in [2.45, 2.75) is 58.0 Å². The fourth-order valence-electron chi connectivity index (χ4n) is 2.45. The minimum atomic E-state index is -0.892. The van der Waals surface area contributed by atoms with Crippen LogP contribution in [-0.4, -0.2) is 36.9 Å². The summed E-state index contributed by atoms with van der Waals surface area (Å²) in [6.45, 7) is 4.56. The monoisotopic (exact) mass is 257 g/mol. The summed E-state index contributed by atoms with van der Waals surface area (Å²) in [5.41, 5.74) is -1.13. The van der Waals surface area contributed by atoms with Crippen molar-refractivity contribution in [1.82, 2.24) is 5.32 Å². The number of carbonyl (C=O) groups excluding carboxylic acids is 1. The van der Waals surface area contributed by atoms with Crippen LogP contribution in [0.15, 0.2) is 0 Å². The van der Waals surface area contributed by atoms with Crippen molar-refractivity contribution in [3.05, 3.63) is 0 Å². The van der Waals surface area contributed by atoms with Crippen molar-refractivity contribution in [2.24, 2.45) is 5.41 Å². The number of hydrogen-bond acceptors (Lipinski definition) is 3. The summed E-state index contributed by atoms with van der Waals surface area (Å²) >= 11 is 0.